The standard InChI is InChI=1S/C18H25NO/c19-10-14-3-1-2-4-18(14)20-11-17-15-6-12-5-13(8-15)9-16(17)7-12/h1-4,12-13,15-17H,5-11,19H2. The van der Waals surface area contributed by atoms with Crippen LogP contribution in [0.2, 0.25) is 0 Å². The summed E-state index contributed by atoms with van der Waals surface area (Å²) in [6.45, 7) is 1.48. The van der Waals surface area contributed by atoms with Crippen LogP contribution in [0, 0.1) is 29.6 Å². The topological polar surface area (TPSA) is 35.2 Å². The van der Waals surface area contributed by atoms with Crippen molar-refractivity contribution in [3.8, 4) is 5.75 Å². The van der Waals surface area contributed by atoms with Crippen LogP contribution < -0.4 is 10.5 Å². The summed E-state index contributed by atoms with van der Waals surface area (Å²) in [5.41, 5.74) is 6.93. The van der Waals surface area contributed by atoms with Crippen LogP contribution in [0.25, 0.3) is 0 Å². The number of ether oxygens (including phenoxy) is 1. The highest BCUT2D eigenvalue weighted by molar-refractivity contribution is 5.33. The van der Waals surface area contributed by atoms with Crippen molar-refractivity contribution in [2.45, 2.75) is 38.6 Å². The van der Waals surface area contributed by atoms with Crippen LogP contribution in [0.1, 0.15) is 37.7 Å². The highest BCUT2D eigenvalue weighted by Crippen LogP contribution is 2.56. The lowest BCUT2D eigenvalue weighted by atomic mass is 9.52. The van der Waals surface area contributed by atoms with Crippen molar-refractivity contribution in [1.29, 1.82) is 0 Å². The van der Waals surface area contributed by atoms with E-state index >= 15 is 0 Å². The number of rotatable bonds is 4. The molecule has 108 valence electrons. The third kappa shape index (κ3) is 2.14. The Balaban J connectivity index is 1.45. The molecule has 0 spiro atoms. The maximum Gasteiger partial charge on any atom is 0.123 e. The minimum atomic E-state index is 0.567. The van der Waals surface area contributed by atoms with Gasteiger partial charge < -0.3 is 10.5 Å². The largest absolute Gasteiger partial charge is 0.493 e. The molecule has 20 heavy (non-hydrogen) atoms. The summed E-state index contributed by atoms with van der Waals surface area (Å²) < 4.78 is 6.17. The minimum absolute atomic E-state index is 0.567. The van der Waals surface area contributed by atoms with Crippen LogP contribution in [-0.4, -0.2) is 6.61 Å². The molecule has 0 atom stereocenters. The summed E-state index contributed by atoms with van der Waals surface area (Å²) in [6, 6.07) is 8.23. The Morgan fingerprint density at radius 1 is 0.950 bits per heavy atom. The second-order valence-corrected chi connectivity index (χ2v) is 7.22. The monoisotopic (exact) mass is 271 g/mol. The molecule has 2 N–H and O–H groups in total. The summed E-state index contributed by atoms with van der Waals surface area (Å²) in [6.07, 6.45) is 7.41. The highest BCUT2D eigenvalue weighted by atomic mass is 16.5. The number of benzene rings is 1. The van der Waals surface area contributed by atoms with Crippen molar-refractivity contribution >= 4 is 0 Å². The van der Waals surface area contributed by atoms with Crippen molar-refractivity contribution in [1.82, 2.24) is 0 Å². The van der Waals surface area contributed by atoms with Crippen molar-refractivity contribution < 1.29 is 4.74 Å². The Morgan fingerprint density at radius 3 is 2.25 bits per heavy atom. The average molecular weight is 271 g/mol. The van der Waals surface area contributed by atoms with E-state index < -0.39 is 0 Å². The second kappa shape index (κ2) is 5.07. The maximum atomic E-state index is 6.17. The van der Waals surface area contributed by atoms with Crippen LogP contribution in [0.5, 0.6) is 5.75 Å². The van der Waals surface area contributed by atoms with E-state index in [0.29, 0.717) is 6.54 Å². The first-order valence-electron chi connectivity index (χ1n) is 8.24. The zero-order valence-electron chi connectivity index (χ0n) is 12.1. The molecule has 4 fully saturated rings. The Bertz CT molecular complexity index is 456. The molecule has 5 rings (SSSR count). The number of nitrogens with two attached hydrogens (primary N) is 1. The molecule has 4 aliphatic carbocycles. The van der Waals surface area contributed by atoms with Gasteiger partial charge in [0.2, 0.25) is 0 Å². The van der Waals surface area contributed by atoms with Crippen LogP contribution in [0.3, 0.4) is 0 Å². The van der Waals surface area contributed by atoms with Gasteiger partial charge in [0.25, 0.3) is 0 Å². The van der Waals surface area contributed by atoms with Gasteiger partial charge in [-0.25, -0.2) is 0 Å². The average Bonchev–Trinajstić information content (AvgIpc) is 2.46. The van der Waals surface area contributed by atoms with Gasteiger partial charge in [0.15, 0.2) is 0 Å². The predicted molar refractivity (Wildman–Crippen MR) is 80.4 cm³/mol. The van der Waals surface area contributed by atoms with Crippen molar-refractivity contribution in [3.63, 3.8) is 0 Å². The first kappa shape index (κ1) is 12.7. The first-order valence-corrected chi connectivity index (χ1v) is 8.24. The van der Waals surface area contributed by atoms with E-state index in [1.807, 2.05) is 12.1 Å². The summed E-state index contributed by atoms with van der Waals surface area (Å²) >= 11 is 0. The molecule has 0 saturated heterocycles. The van der Waals surface area contributed by atoms with E-state index in [1.54, 1.807) is 0 Å². The molecule has 0 radical (unpaired) electrons. The molecule has 0 aliphatic heterocycles. The molecule has 1 aromatic carbocycles. The molecule has 4 aliphatic rings. The zero-order chi connectivity index (χ0) is 13.5. The fraction of sp³-hybridized carbons (Fsp3) is 0.667. The van der Waals surface area contributed by atoms with Gasteiger partial charge in [-0.3, -0.25) is 0 Å². The molecule has 0 amide bonds. The van der Waals surface area contributed by atoms with Gasteiger partial charge in [0.1, 0.15) is 5.75 Å². The molecule has 0 aromatic heterocycles. The summed E-state index contributed by atoms with van der Waals surface area (Å²) in [5.74, 6) is 5.78. The van der Waals surface area contributed by atoms with Gasteiger partial charge in [0.05, 0.1) is 6.61 Å². The fourth-order valence-electron chi connectivity index (χ4n) is 5.31. The Morgan fingerprint density at radius 2 is 1.60 bits per heavy atom. The molecule has 2 heteroatoms. The number of para-hydroxylation sites is 1. The fourth-order valence-corrected chi connectivity index (χ4v) is 5.31. The lowest BCUT2D eigenvalue weighted by Crippen LogP contribution is -2.47. The molecule has 1 aromatic rings. The van der Waals surface area contributed by atoms with Crippen LogP contribution in [0.4, 0.5) is 0 Å². The number of hydrogen-bond acceptors (Lipinski definition) is 2. The highest BCUT2D eigenvalue weighted by Gasteiger charge is 2.48. The van der Waals surface area contributed by atoms with Gasteiger partial charge in [-0.15, -0.1) is 0 Å². The van der Waals surface area contributed by atoms with E-state index in [-0.39, 0.29) is 0 Å². The van der Waals surface area contributed by atoms with Gasteiger partial charge >= 0.3 is 0 Å². The van der Waals surface area contributed by atoms with E-state index in [1.165, 1.54) is 32.1 Å². The number of hydrogen-bond donors (Lipinski definition) is 1. The SMILES string of the molecule is NCc1ccccc1OCC1C2CC3CC(C2)CC1C3. The maximum absolute atomic E-state index is 6.17. The van der Waals surface area contributed by atoms with E-state index in [9.17, 15) is 0 Å². The van der Waals surface area contributed by atoms with Crippen LogP contribution in [0.15, 0.2) is 24.3 Å². The third-order valence-electron chi connectivity index (χ3n) is 6.05. The Labute approximate surface area is 121 Å². The minimum Gasteiger partial charge on any atom is -0.493 e. The van der Waals surface area contributed by atoms with Gasteiger partial charge in [0, 0.05) is 12.1 Å². The zero-order valence-corrected chi connectivity index (χ0v) is 12.1. The molecule has 0 heterocycles. The molecule has 0 unspecified atom stereocenters. The van der Waals surface area contributed by atoms with E-state index in [4.69, 9.17) is 10.5 Å². The third-order valence-corrected chi connectivity index (χ3v) is 6.05. The molecule has 4 bridgehead atoms. The van der Waals surface area contributed by atoms with Gasteiger partial charge in [-0.05, 0) is 67.8 Å². The quantitative estimate of drug-likeness (QED) is 0.908. The molecular weight excluding hydrogens is 246 g/mol. The van der Waals surface area contributed by atoms with Crippen molar-refractivity contribution in [2.24, 2.45) is 35.3 Å². The lowest BCUT2D eigenvalue weighted by Gasteiger charge is -2.54. The van der Waals surface area contributed by atoms with Crippen LogP contribution >= 0.6 is 0 Å². The van der Waals surface area contributed by atoms with Crippen molar-refractivity contribution in [2.75, 3.05) is 6.61 Å². The summed E-state index contributed by atoms with van der Waals surface area (Å²) in [5, 5.41) is 0. The summed E-state index contributed by atoms with van der Waals surface area (Å²) in [7, 11) is 0. The Kier molecular flexibility index (Phi) is 3.22. The molecule has 4 saturated carbocycles. The van der Waals surface area contributed by atoms with Crippen molar-refractivity contribution in [3.05, 3.63) is 29.8 Å². The Hall–Kier alpha value is -1.02. The first-order chi connectivity index (χ1) is 9.83. The van der Waals surface area contributed by atoms with E-state index in [2.05, 4.69) is 12.1 Å². The van der Waals surface area contributed by atoms with Gasteiger partial charge in [-0.2, -0.15) is 0 Å². The summed E-state index contributed by atoms with van der Waals surface area (Å²) in [4.78, 5) is 0. The predicted octanol–water partition coefficient (Wildman–Crippen LogP) is 3.60. The lowest BCUT2D eigenvalue weighted by molar-refractivity contribution is -0.0530. The molecule has 2 nitrogen and oxygen atoms in total. The normalized spacial score (nSPS) is 38.1. The van der Waals surface area contributed by atoms with E-state index in [0.717, 1.165) is 47.5 Å². The van der Waals surface area contributed by atoms with Gasteiger partial charge in [-0.1, -0.05) is 18.2 Å². The van der Waals surface area contributed by atoms with Crippen LogP contribution in [-0.2, 0) is 6.54 Å². The molecular formula is C18H25NO. The smallest absolute Gasteiger partial charge is 0.123 e. The second-order valence-electron chi connectivity index (χ2n) is 7.22.